The van der Waals surface area contributed by atoms with Crippen molar-refractivity contribution in [2.24, 2.45) is 29.6 Å². The molecule has 2 aliphatic carbocycles. The zero-order valence-corrected chi connectivity index (χ0v) is 18.0. The van der Waals surface area contributed by atoms with Gasteiger partial charge in [0.1, 0.15) is 0 Å². The predicted octanol–water partition coefficient (Wildman–Crippen LogP) is 8.14. The minimum Gasteiger partial charge on any atom is -0.316 e. The predicted molar refractivity (Wildman–Crippen MR) is 112 cm³/mol. The Morgan fingerprint density at radius 2 is 1.46 bits per heavy atom. The van der Waals surface area contributed by atoms with E-state index in [-0.39, 0.29) is 12.0 Å². The molecule has 1 saturated heterocycles. The molecule has 0 aromatic heterocycles. The van der Waals surface area contributed by atoms with Crippen molar-refractivity contribution in [1.29, 1.82) is 0 Å². The van der Waals surface area contributed by atoms with Gasteiger partial charge in [-0.1, -0.05) is 70.8 Å². The summed E-state index contributed by atoms with van der Waals surface area (Å²) in [6.07, 6.45) is 17.0. The molecule has 2 saturated carbocycles. The minimum atomic E-state index is -2.88. The van der Waals surface area contributed by atoms with Gasteiger partial charge in [-0.3, -0.25) is 0 Å². The maximum absolute atomic E-state index is 14.3. The molecule has 1 heterocycles. The Kier molecular flexibility index (Phi) is 8.38. The van der Waals surface area contributed by atoms with Gasteiger partial charge >= 0.3 is 6.11 Å². The van der Waals surface area contributed by atoms with Gasteiger partial charge in [0.05, 0.1) is 12.0 Å². The van der Waals surface area contributed by atoms with Crippen molar-refractivity contribution in [3.8, 4) is 0 Å². The quantitative estimate of drug-likeness (QED) is 0.267. The van der Waals surface area contributed by atoms with Gasteiger partial charge in [-0.25, -0.2) is 0 Å². The molecule has 0 unspecified atom stereocenters. The van der Waals surface area contributed by atoms with E-state index in [0.29, 0.717) is 11.8 Å². The fourth-order valence-electron chi connectivity index (χ4n) is 6.14. The fourth-order valence-corrected chi connectivity index (χ4v) is 6.14. The molecule has 2 atom stereocenters. The second-order valence-electron chi connectivity index (χ2n) is 9.92. The Labute approximate surface area is 171 Å². The van der Waals surface area contributed by atoms with Crippen molar-refractivity contribution < 1.29 is 13.5 Å². The lowest BCUT2D eigenvalue weighted by Gasteiger charge is -2.53. The smallest absolute Gasteiger partial charge is 0.316 e. The molecule has 0 aromatic carbocycles. The van der Waals surface area contributed by atoms with Gasteiger partial charge in [0.2, 0.25) is 0 Å². The number of ether oxygens (including phenoxy) is 1. The summed E-state index contributed by atoms with van der Waals surface area (Å²) >= 11 is 0. The highest BCUT2D eigenvalue weighted by Gasteiger charge is 2.62. The average molecular weight is 397 g/mol. The number of halogens is 2. The first kappa shape index (κ1) is 22.2. The lowest BCUT2D eigenvalue weighted by molar-refractivity contribution is -0.418. The van der Waals surface area contributed by atoms with Crippen molar-refractivity contribution in [1.82, 2.24) is 0 Å². The second kappa shape index (κ2) is 10.5. The lowest BCUT2D eigenvalue weighted by atomic mass is 9.66. The molecule has 1 nitrogen and oxygen atoms in total. The van der Waals surface area contributed by atoms with E-state index in [9.17, 15) is 8.78 Å². The number of alkyl halides is 2. The summed E-state index contributed by atoms with van der Waals surface area (Å²) in [5.74, 6) is 1.33. The molecule has 1 aliphatic heterocycles. The van der Waals surface area contributed by atoms with Crippen LogP contribution in [0.3, 0.4) is 0 Å². The van der Waals surface area contributed by atoms with E-state index in [1.165, 1.54) is 57.8 Å². The summed E-state index contributed by atoms with van der Waals surface area (Å²) in [5.41, 5.74) is 0. The average Bonchev–Trinajstić information content (AvgIpc) is 2.70. The van der Waals surface area contributed by atoms with Crippen LogP contribution < -0.4 is 0 Å². The monoisotopic (exact) mass is 396 g/mol. The van der Waals surface area contributed by atoms with Crippen LogP contribution in [-0.2, 0) is 4.74 Å². The Hall–Kier alpha value is -0.440. The van der Waals surface area contributed by atoms with Crippen LogP contribution >= 0.6 is 0 Å². The Morgan fingerprint density at radius 3 is 2.07 bits per heavy atom. The fraction of sp³-hybridized carbons (Fsp3) is 0.920. The first-order chi connectivity index (χ1) is 13.5. The molecule has 3 aliphatic rings. The van der Waals surface area contributed by atoms with Gasteiger partial charge in [0.25, 0.3) is 0 Å². The topological polar surface area (TPSA) is 9.23 Å². The molecular weight excluding hydrogens is 354 g/mol. The van der Waals surface area contributed by atoms with Crippen molar-refractivity contribution in [2.75, 3.05) is 0 Å². The van der Waals surface area contributed by atoms with Crippen LogP contribution in [0.2, 0.25) is 0 Å². The maximum atomic E-state index is 14.3. The van der Waals surface area contributed by atoms with E-state index in [0.717, 1.165) is 44.4 Å². The third-order valence-corrected chi connectivity index (χ3v) is 8.01. The van der Waals surface area contributed by atoms with E-state index in [1.807, 2.05) is 6.08 Å². The molecule has 3 fully saturated rings. The van der Waals surface area contributed by atoms with E-state index in [4.69, 9.17) is 4.74 Å². The molecule has 0 amide bonds. The van der Waals surface area contributed by atoms with E-state index in [2.05, 4.69) is 13.5 Å². The minimum absolute atomic E-state index is 0.144. The van der Waals surface area contributed by atoms with Gasteiger partial charge in [-0.15, -0.1) is 6.58 Å². The highest BCUT2D eigenvalue weighted by atomic mass is 19.3. The summed E-state index contributed by atoms with van der Waals surface area (Å²) in [6, 6.07) is 0. The standard InChI is InChI=1S/C25H42F2O/c1-3-5-6-7-8-9-10-20-13-17-22(18-14-20)24-23(25(26,27)28-24)21-15-11-19(4-2)12-16-21/h4,19-24H,2-3,5-18H2,1H3/t19-,20?,21-,22?,23-,24-/m0/s1. The van der Waals surface area contributed by atoms with E-state index >= 15 is 0 Å². The highest BCUT2D eigenvalue weighted by molar-refractivity contribution is 4.99. The number of rotatable bonds is 10. The summed E-state index contributed by atoms with van der Waals surface area (Å²) in [5, 5.41) is 0. The summed E-state index contributed by atoms with van der Waals surface area (Å²) in [7, 11) is 0. The summed E-state index contributed by atoms with van der Waals surface area (Å²) in [4.78, 5) is 0. The van der Waals surface area contributed by atoms with Crippen LogP contribution in [0, 0.1) is 29.6 Å². The normalized spacial score (nSPS) is 38.0. The summed E-state index contributed by atoms with van der Waals surface area (Å²) < 4.78 is 33.8. The van der Waals surface area contributed by atoms with Crippen LogP contribution in [0.15, 0.2) is 12.7 Å². The number of allylic oxidation sites excluding steroid dienone is 1. The van der Waals surface area contributed by atoms with E-state index < -0.39 is 12.0 Å². The molecule has 0 aromatic rings. The van der Waals surface area contributed by atoms with Gasteiger partial charge < -0.3 is 4.74 Å². The lowest BCUT2D eigenvalue weighted by Crippen LogP contribution is -2.61. The van der Waals surface area contributed by atoms with Gasteiger partial charge in [0.15, 0.2) is 0 Å². The maximum Gasteiger partial charge on any atom is 0.361 e. The molecule has 0 N–H and O–H groups in total. The molecule has 162 valence electrons. The van der Waals surface area contributed by atoms with Crippen molar-refractivity contribution in [3.05, 3.63) is 12.7 Å². The molecule has 0 spiro atoms. The second-order valence-corrected chi connectivity index (χ2v) is 9.92. The zero-order valence-electron chi connectivity index (χ0n) is 18.0. The summed E-state index contributed by atoms with van der Waals surface area (Å²) in [6.45, 7) is 6.14. The molecular formula is C25H42F2O. The van der Waals surface area contributed by atoms with Crippen LogP contribution in [0.25, 0.3) is 0 Å². The number of unbranched alkanes of at least 4 members (excludes halogenated alkanes) is 5. The van der Waals surface area contributed by atoms with Gasteiger partial charge in [-0.05, 0) is 62.2 Å². The van der Waals surface area contributed by atoms with Crippen LogP contribution in [0.1, 0.15) is 103 Å². The van der Waals surface area contributed by atoms with Crippen LogP contribution in [0.4, 0.5) is 8.78 Å². The third-order valence-electron chi connectivity index (χ3n) is 8.01. The largest absolute Gasteiger partial charge is 0.361 e. The van der Waals surface area contributed by atoms with E-state index in [1.54, 1.807) is 0 Å². The van der Waals surface area contributed by atoms with Gasteiger partial charge in [-0.2, -0.15) is 8.78 Å². The molecule has 3 rings (SSSR count). The first-order valence-corrected chi connectivity index (χ1v) is 12.2. The van der Waals surface area contributed by atoms with Crippen molar-refractivity contribution in [2.45, 2.75) is 115 Å². The Morgan fingerprint density at radius 1 is 0.857 bits per heavy atom. The van der Waals surface area contributed by atoms with Crippen LogP contribution in [-0.4, -0.2) is 12.2 Å². The number of hydrogen-bond donors (Lipinski definition) is 0. The molecule has 3 heteroatoms. The number of hydrogen-bond acceptors (Lipinski definition) is 1. The third kappa shape index (κ3) is 5.58. The van der Waals surface area contributed by atoms with Crippen LogP contribution in [0.5, 0.6) is 0 Å². The van der Waals surface area contributed by atoms with Crippen molar-refractivity contribution >= 4 is 0 Å². The van der Waals surface area contributed by atoms with Gasteiger partial charge in [0, 0.05) is 0 Å². The van der Waals surface area contributed by atoms with Crippen molar-refractivity contribution in [3.63, 3.8) is 0 Å². The SMILES string of the molecule is C=C[C@H]1CC[C@H]([C@H]2[C@H](C3CCC(CCCCCCCC)CC3)OC2(F)F)CC1. The first-order valence-electron chi connectivity index (χ1n) is 12.2. The molecule has 0 radical (unpaired) electrons. The zero-order chi connectivity index (χ0) is 20.0. The Bertz CT molecular complexity index is 461. The molecule has 28 heavy (non-hydrogen) atoms. The highest BCUT2D eigenvalue weighted by Crippen LogP contribution is 2.55. The Balaban J connectivity index is 1.39. The molecule has 0 bridgehead atoms.